The average Bonchev–Trinajstić information content (AvgIpc) is 2.84. The van der Waals surface area contributed by atoms with E-state index in [9.17, 15) is 27.6 Å². The Hall–Kier alpha value is -3.95. The van der Waals surface area contributed by atoms with Crippen molar-refractivity contribution in [2.45, 2.75) is 19.0 Å². The molecule has 176 valence electrons. The topological polar surface area (TPSA) is 95.2 Å². The molecule has 2 heterocycles. The van der Waals surface area contributed by atoms with Crippen molar-refractivity contribution >= 4 is 17.5 Å². The normalized spacial score (nSPS) is 14.6. The Labute approximate surface area is 192 Å². The summed E-state index contributed by atoms with van der Waals surface area (Å²) in [4.78, 5) is 38.1. The fourth-order valence-electron chi connectivity index (χ4n) is 3.83. The second kappa shape index (κ2) is 9.50. The summed E-state index contributed by atoms with van der Waals surface area (Å²) in [6, 6.07) is 14.2. The number of amides is 2. The number of benzene rings is 2. The molecule has 7 nitrogen and oxygen atoms in total. The predicted molar refractivity (Wildman–Crippen MR) is 119 cm³/mol. The molecule has 0 bridgehead atoms. The Bertz CT molecular complexity index is 1230. The van der Waals surface area contributed by atoms with E-state index in [2.05, 4.69) is 15.5 Å². The number of nitrogens with one attached hydrogen (secondary N) is 2. The van der Waals surface area contributed by atoms with Crippen LogP contribution in [0.5, 0.6) is 0 Å². The quantitative estimate of drug-likeness (QED) is 0.604. The van der Waals surface area contributed by atoms with Crippen LogP contribution in [0.4, 0.5) is 18.9 Å². The van der Waals surface area contributed by atoms with Gasteiger partial charge in [-0.2, -0.15) is 18.3 Å². The molecule has 1 aliphatic rings. The number of aromatic nitrogens is 2. The molecule has 3 aromatic rings. The third kappa shape index (κ3) is 5.33. The molecular weight excluding hydrogens is 449 g/mol. The summed E-state index contributed by atoms with van der Waals surface area (Å²) >= 11 is 0. The van der Waals surface area contributed by atoms with Crippen LogP contribution >= 0.6 is 0 Å². The first-order chi connectivity index (χ1) is 16.2. The maximum Gasteiger partial charge on any atom is 0.416 e. The van der Waals surface area contributed by atoms with Gasteiger partial charge in [-0.05, 0) is 55.3 Å². The third-order valence-corrected chi connectivity index (χ3v) is 5.72. The smallest absolute Gasteiger partial charge is 0.339 e. The highest BCUT2D eigenvalue weighted by Gasteiger charge is 2.31. The average molecular weight is 470 g/mol. The number of hydrogen-bond acceptors (Lipinski definition) is 4. The van der Waals surface area contributed by atoms with Crippen LogP contribution in [0, 0.1) is 5.92 Å². The number of nitrogens with zero attached hydrogens (tertiary/aromatic N) is 2. The van der Waals surface area contributed by atoms with Crippen molar-refractivity contribution in [3.63, 3.8) is 0 Å². The van der Waals surface area contributed by atoms with E-state index in [1.54, 1.807) is 29.2 Å². The van der Waals surface area contributed by atoms with Crippen LogP contribution in [0.25, 0.3) is 11.3 Å². The molecule has 10 heteroatoms. The molecule has 1 aromatic heterocycles. The van der Waals surface area contributed by atoms with Gasteiger partial charge in [0.05, 0.1) is 11.3 Å². The van der Waals surface area contributed by atoms with Gasteiger partial charge in [0.2, 0.25) is 5.91 Å². The molecule has 1 saturated heterocycles. The maximum atomic E-state index is 12.8. The Morgan fingerprint density at radius 3 is 2.32 bits per heavy atom. The van der Waals surface area contributed by atoms with Gasteiger partial charge in [-0.3, -0.25) is 14.4 Å². The zero-order valence-electron chi connectivity index (χ0n) is 17.9. The standard InChI is InChI=1S/C24H21F3N4O3/c25-24(26,27)18-6-4-16(5-7-18)23(34)31-12-10-15(11-13-31)22(33)28-19-3-1-2-17(14-19)20-8-9-21(32)30-29-20/h1-9,14-15H,10-13H2,(H,28,33)(H,30,32). The molecular formula is C24H21F3N4O3. The lowest BCUT2D eigenvalue weighted by molar-refractivity contribution is -0.137. The van der Waals surface area contributed by atoms with Crippen molar-refractivity contribution in [1.29, 1.82) is 0 Å². The van der Waals surface area contributed by atoms with Crippen molar-refractivity contribution in [3.05, 3.63) is 82.1 Å². The zero-order valence-corrected chi connectivity index (χ0v) is 17.9. The number of hydrogen-bond donors (Lipinski definition) is 2. The molecule has 1 aliphatic heterocycles. The van der Waals surface area contributed by atoms with Crippen LogP contribution in [0.2, 0.25) is 0 Å². The Balaban J connectivity index is 1.34. The first kappa shape index (κ1) is 23.2. The van der Waals surface area contributed by atoms with Gasteiger partial charge in [0, 0.05) is 41.9 Å². The van der Waals surface area contributed by atoms with Gasteiger partial charge in [-0.25, -0.2) is 5.10 Å². The molecule has 4 rings (SSSR count). The number of anilines is 1. The van der Waals surface area contributed by atoms with Crippen LogP contribution in [0.1, 0.15) is 28.8 Å². The summed E-state index contributed by atoms with van der Waals surface area (Å²) in [5.41, 5.74) is 0.940. The van der Waals surface area contributed by atoms with Gasteiger partial charge >= 0.3 is 6.18 Å². The summed E-state index contributed by atoms with van der Waals surface area (Å²) in [7, 11) is 0. The minimum atomic E-state index is -4.46. The molecule has 2 N–H and O–H groups in total. The summed E-state index contributed by atoms with van der Waals surface area (Å²) < 4.78 is 38.2. The highest BCUT2D eigenvalue weighted by Crippen LogP contribution is 2.29. The highest BCUT2D eigenvalue weighted by molar-refractivity contribution is 5.95. The SMILES string of the molecule is O=C(Nc1cccc(-c2ccc(=O)[nH]n2)c1)C1CCN(C(=O)c2ccc(C(F)(F)F)cc2)CC1. The minimum absolute atomic E-state index is 0.173. The number of carbonyl (C=O) groups excluding carboxylic acids is 2. The van der Waals surface area contributed by atoms with E-state index in [-0.39, 0.29) is 28.9 Å². The Kier molecular flexibility index (Phi) is 6.49. The lowest BCUT2D eigenvalue weighted by atomic mass is 9.95. The van der Waals surface area contributed by atoms with Crippen LogP contribution in [0.15, 0.2) is 65.5 Å². The lowest BCUT2D eigenvalue weighted by Crippen LogP contribution is -2.41. The number of carbonyl (C=O) groups is 2. The fraction of sp³-hybridized carbons (Fsp3) is 0.250. The summed E-state index contributed by atoms with van der Waals surface area (Å²) in [5, 5.41) is 9.23. The summed E-state index contributed by atoms with van der Waals surface area (Å²) in [6.07, 6.45) is -3.57. The number of alkyl halides is 3. The maximum absolute atomic E-state index is 12.8. The number of rotatable bonds is 4. The monoisotopic (exact) mass is 470 g/mol. The van der Waals surface area contributed by atoms with Crippen LogP contribution < -0.4 is 10.9 Å². The van der Waals surface area contributed by atoms with Crippen LogP contribution in [-0.4, -0.2) is 40.0 Å². The van der Waals surface area contributed by atoms with E-state index >= 15 is 0 Å². The number of likely N-dealkylation sites (tertiary alicyclic amines) is 1. The molecule has 0 saturated carbocycles. The molecule has 1 fully saturated rings. The van der Waals surface area contributed by atoms with Crippen molar-refractivity contribution < 1.29 is 22.8 Å². The largest absolute Gasteiger partial charge is 0.416 e. The van der Waals surface area contributed by atoms with Gasteiger partial charge < -0.3 is 10.2 Å². The van der Waals surface area contributed by atoms with Crippen molar-refractivity contribution in [1.82, 2.24) is 15.1 Å². The number of halogens is 3. The van der Waals surface area contributed by atoms with E-state index in [0.29, 0.717) is 37.3 Å². The van der Waals surface area contributed by atoms with Gasteiger partial charge in [0.1, 0.15) is 0 Å². The Morgan fingerprint density at radius 1 is 1.00 bits per heavy atom. The number of piperidine rings is 1. The first-order valence-corrected chi connectivity index (χ1v) is 10.6. The second-order valence-corrected chi connectivity index (χ2v) is 8.02. The van der Waals surface area contributed by atoms with Gasteiger partial charge in [-0.1, -0.05) is 12.1 Å². The van der Waals surface area contributed by atoms with E-state index in [0.717, 1.165) is 17.7 Å². The number of aromatic amines is 1. The molecule has 2 amide bonds. The molecule has 0 aliphatic carbocycles. The fourth-order valence-corrected chi connectivity index (χ4v) is 3.83. The van der Waals surface area contributed by atoms with Crippen molar-refractivity contribution in [2.75, 3.05) is 18.4 Å². The second-order valence-electron chi connectivity index (χ2n) is 8.02. The van der Waals surface area contributed by atoms with E-state index in [1.165, 1.54) is 18.2 Å². The molecule has 34 heavy (non-hydrogen) atoms. The summed E-state index contributed by atoms with van der Waals surface area (Å²) in [6.45, 7) is 0.665. The molecule has 2 aromatic carbocycles. The summed E-state index contributed by atoms with van der Waals surface area (Å²) in [5.74, 6) is -0.826. The zero-order chi connectivity index (χ0) is 24.3. The molecule has 0 radical (unpaired) electrons. The van der Waals surface area contributed by atoms with E-state index < -0.39 is 11.7 Å². The van der Waals surface area contributed by atoms with Crippen LogP contribution in [0.3, 0.4) is 0 Å². The highest BCUT2D eigenvalue weighted by atomic mass is 19.4. The number of H-pyrrole nitrogens is 1. The van der Waals surface area contributed by atoms with Crippen LogP contribution in [-0.2, 0) is 11.0 Å². The molecule has 0 atom stereocenters. The van der Waals surface area contributed by atoms with Gasteiger partial charge in [-0.15, -0.1) is 0 Å². The molecule has 0 spiro atoms. The first-order valence-electron chi connectivity index (χ1n) is 10.6. The minimum Gasteiger partial charge on any atom is -0.339 e. The van der Waals surface area contributed by atoms with E-state index in [1.807, 2.05) is 6.07 Å². The van der Waals surface area contributed by atoms with Gasteiger partial charge in [0.15, 0.2) is 0 Å². The Morgan fingerprint density at radius 2 is 1.71 bits per heavy atom. The van der Waals surface area contributed by atoms with Crippen molar-refractivity contribution in [2.24, 2.45) is 5.92 Å². The lowest BCUT2D eigenvalue weighted by Gasteiger charge is -2.31. The molecule has 0 unspecified atom stereocenters. The van der Waals surface area contributed by atoms with Crippen molar-refractivity contribution in [3.8, 4) is 11.3 Å². The van der Waals surface area contributed by atoms with E-state index in [4.69, 9.17) is 0 Å². The third-order valence-electron chi connectivity index (χ3n) is 5.72. The van der Waals surface area contributed by atoms with Gasteiger partial charge in [0.25, 0.3) is 11.5 Å². The predicted octanol–water partition coefficient (Wildman–Crippen LogP) is 3.95.